The first kappa shape index (κ1) is 20.4. The summed E-state index contributed by atoms with van der Waals surface area (Å²) in [7, 11) is 1.17. The van der Waals surface area contributed by atoms with Crippen LogP contribution in [0, 0.1) is 5.92 Å². The average molecular weight is 386 g/mol. The number of Topliss-reactive ketones (excluding diaryl/α,β-unsaturated/α-hetero) is 2. The highest BCUT2D eigenvalue weighted by Crippen LogP contribution is 2.59. The third-order valence-corrected chi connectivity index (χ3v) is 5.62. The van der Waals surface area contributed by atoms with Gasteiger partial charge in [0.15, 0.2) is 11.4 Å². The van der Waals surface area contributed by atoms with E-state index in [2.05, 4.69) is 0 Å². The van der Waals surface area contributed by atoms with E-state index in [0.29, 0.717) is 12.0 Å². The zero-order valence-corrected chi connectivity index (χ0v) is 16.9. The number of esters is 1. The molecule has 1 saturated heterocycles. The van der Waals surface area contributed by atoms with Gasteiger partial charge in [0, 0.05) is 17.5 Å². The molecule has 28 heavy (non-hydrogen) atoms. The van der Waals surface area contributed by atoms with Crippen molar-refractivity contribution in [2.75, 3.05) is 13.7 Å². The van der Waals surface area contributed by atoms with Gasteiger partial charge in [0.1, 0.15) is 0 Å². The Labute approximate surface area is 164 Å². The standard InChI is InChI=1S/C22H26O6/c1-12(2)9-14-7-6-8-16-17(14)19(25)22(20(26)27-5)21(28-22,18(16)24)10-15(11-23)13(3)4/h6-8,12,23H,9-11H2,1-5H3. The molecule has 1 heterocycles. The molecule has 1 aromatic carbocycles. The van der Waals surface area contributed by atoms with Crippen LogP contribution in [0.2, 0.25) is 0 Å². The second-order valence-electron chi connectivity index (χ2n) is 8.14. The Bertz CT molecular complexity index is 892. The van der Waals surface area contributed by atoms with Gasteiger partial charge in [-0.05, 0) is 37.3 Å². The number of carbonyl (C=O) groups is 3. The maximum absolute atomic E-state index is 13.5. The van der Waals surface area contributed by atoms with Crippen LogP contribution in [-0.2, 0) is 20.7 Å². The number of ketones is 2. The number of allylic oxidation sites excluding steroid dienone is 1. The predicted molar refractivity (Wildman–Crippen MR) is 102 cm³/mol. The molecule has 1 N–H and O–H groups in total. The van der Waals surface area contributed by atoms with Crippen LogP contribution in [0.15, 0.2) is 29.3 Å². The molecule has 0 amide bonds. The van der Waals surface area contributed by atoms with Gasteiger partial charge in [0.05, 0.1) is 13.7 Å². The first-order chi connectivity index (χ1) is 13.2. The van der Waals surface area contributed by atoms with Gasteiger partial charge >= 0.3 is 5.97 Å². The minimum atomic E-state index is -1.98. The normalized spacial score (nSPS) is 25.2. The first-order valence-corrected chi connectivity index (χ1v) is 9.42. The zero-order chi connectivity index (χ0) is 20.9. The maximum Gasteiger partial charge on any atom is 0.350 e. The van der Waals surface area contributed by atoms with Gasteiger partial charge in [-0.25, -0.2) is 4.79 Å². The van der Waals surface area contributed by atoms with E-state index in [1.807, 2.05) is 13.8 Å². The first-order valence-electron chi connectivity index (χ1n) is 9.42. The number of benzene rings is 1. The van der Waals surface area contributed by atoms with Crippen molar-refractivity contribution in [1.29, 1.82) is 0 Å². The summed E-state index contributed by atoms with van der Waals surface area (Å²) in [6.07, 6.45) is 0.571. The van der Waals surface area contributed by atoms with Crippen LogP contribution in [0.5, 0.6) is 0 Å². The summed E-state index contributed by atoms with van der Waals surface area (Å²) in [4.78, 5) is 39.7. The third kappa shape index (κ3) is 2.66. The Morgan fingerprint density at radius 1 is 1.21 bits per heavy atom. The molecule has 1 fully saturated rings. The number of epoxide rings is 1. The van der Waals surface area contributed by atoms with Crippen molar-refractivity contribution in [3.8, 4) is 0 Å². The molecular formula is C22H26O6. The number of fused-ring (bicyclic) bond motifs is 2. The van der Waals surface area contributed by atoms with E-state index in [0.717, 1.165) is 11.1 Å². The molecule has 6 nitrogen and oxygen atoms in total. The fourth-order valence-corrected chi connectivity index (χ4v) is 4.11. The number of methoxy groups -OCH3 is 1. The minimum Gasteiger partial charge on any atom is -0.466 e. The van der Waals surface area contributed by atoms with Crippen LogP contribution in [0.4, 0.5) is 0 Å². The number of carbonyl (C=O) groups excluding carboxylic acids is 3. The number of aliphatic hydroxyl groups excluding tert-OH is 1. The van der Waals surface area contributed by atoms with Crippen molar-refractivity contribution in [2.24, 2.45) is 5.92 Å². The summed E-state index contributed by atoms with van der Waals surface area (Å²) in [5.74, 6) is -1.55. The van der Waals surface area contributed by atoms with Gasteiger partial charge < -0.3 is 14.6 Å². The van der Waals surface area contributed by atoms with E-state index in [4.69, 9.17) is 9.47 Å². The van der Waals surface area contributed by atoms with Crippen molar-refractivity contribution in [2.45, 2.75) is 51.7 Å². The molecule has 0 radical (unpaired) electrons. The molecule has 0 spiro atoms. The van der Waals surface area contributed by atoms with Crippen molar-refractivity contribution < 1.29 is 29.0 Å². The van der Waals surface area contributed by atoms with Gasteiger partial charge in [0.25, 0.3) is 5.60 Å². The van der Waals surface area contributed by atoms with Crippen LogP contribution in [-0.4, -0.2) is 47.6 Å². The molecule has 2 atom stereocenters. The molecular weight excluding hydrogens is 360 g/mol. The molecule has 2 unspecified atom stereocenters. The lowest BCUT2D eigenvalue weighted by atomic mass is 9.69. The number of hydrogen-bond acceptors (Lipinski definition) is 6. The summed E-state index contributed by atoms with van der Waals surface area (Å²) in [5.41, 5.74) is -1.01. The molecule has 1 aromatic rings. The summed E-state index contributed by atoms with van der Waals surface area (Å²) in [5, 5.41) is 9.70. The van der Waals surface area contributed by atoms with E-state index >= 15 is 0 Å². The van der Waals surface area contributed by atoms with Crippen LogP contribution < -0.4 is 0 Å². The molecule has 0 aromatic heterocycles. The lowest BCUT2D eigenvalue weighted by Gasteiger charge is -2.26. The van der Waals surface area contributed by atoms with Gasteiger partial charge in [0.2, 0.25) is 5.78 Å². The molecule has 0 saturated carbocycles. The van der Waals surface area contributed by atoms with Gasteiger partial charge in [-0.15, -0.1) is 0 Å². The van der Waals surface area contributed by atoms with Crippen LogP contribution in [0.1, 0.15) is 60.4 Å². The molecule has 3 rings (SSSR count). The summed E-state index contributed by atoms with van der Waals surface area (Å²) in [6.45, 7) is 7.35. The van der Waals surface area contributed by atoms with E-state index in [1.165, 1.54) is 7.11 Å². The Morgan fingerprint density at radius 3 is 2.43 bits per heavy atom. The molecule has 1 aliphatic heterocycles. The monoisotopic (exact) mass is 386 g/mol. The van der Waals surface area contributed by atoms with Crippen molar-refractivity contribution in [3.05, 3.63) is 46.0 Å². The van der Waals surface area contributed by atoms with E-state index in [-0.39, 0.29) is 30.1 Å². The molecule has 6 heteroatoms. The highest BCUT2D eigenvalue weighted by molar-refractivity contribution is 6.33. The van der Waals surface area contributed by atoms with E-state index < -0.39 is 28.7 Å². The van der Waals surface area contributed by atoms with Crippen LogP contribution >= 0.6 is 0 Å². The molecule has 1 aliphatic carbocycles. The van der Waals surface area contributed by atoms with Crippen molar-refractivity contribution in [1.82, 2.24) is 0 Å². The number of rotatable bonds is 6. The number of ether oxygens (including phenoxy) is 2. The molecule has 2 aliphatic rings. The smallest absolute Gasteiger partial charge is 0.350 e. The topological polar surface area (TPSA) is 93.2 Å². The van der Waals surface area contributed by atoms with E-state index in [9.17, 15) is 19.5 Å². The van der Waals surface area contributed by atoms with Crippen LogP contribution in [0.25, 0.3) is 0 Å². The van der Waals surface area contributed by atoms with Crippen LogP contribution in [0.3, 0.4) is 0 Å². The lowest BCUT2D eigenvalue weighted by molar-refractivity contribution is -0.145. The summed E-state index contributed by atoms with van der Waals surface area (Å²) in [6, 6.07) is 5.15. The zero-order valence-electron chi connectivity index (χ0n) is 16.9. The van der Waals surface area contributed by atoms with Crippen molar-refractivity contribution in [3.63, 3.8) is 0 Å². The highest BCUT2D eigenvalue weighted by atomic mass is 16.7. The predicted octanol–water partition coefficient (Wildman–Crippen LogP) is 2.66. The number of aliphatic hydroxyl groups is 1. The summed E-state index contributed by atoms with van der Waals surface area (Å²) < 4.78 is 10.6. The van der Waals surface area contributed by atoms with Gasteiger partial charge in [-0.3, -0.25) is 9.59 Å². The van der Waals surface area contributed by atoms with Gasteiger partial charge in [-0.2, -0.15) is 0 Å². The largest absolute Gasteiger partial charge is 0.466 e. The quantitative estimate of drug-likeness (QED) is 0.350. The lowest BCUT2D eigenvalue weighted by Crippen LogP contribution is -2.51. The third-order valence-electron chi connectivity index (χ3n) is 5.62. The number of hydrogen-bond donors (Lipinski definition) is 1. The molecule has 0 bridgehead atoms. The fourth-order valence-electron chi connectivity index (χ4n) is 4.11. The minimum absolute atomic E-state index is 0.0284. The maximum atomic E-state index is 13.5. The fraction of sp³-hybridized carbons (Fsp3) is 0.500. The Kier molecular flexibility index (Phi) is 5.06. The second-order valence-corrected chi connectivity index (χ2v) is 8.14. The Balaban J connectivity index is 2.21. The Morgan fingerprint density at radius 2 is 1.89 bits per heavy atom. The van der Waals surface area contributed by atoms with Gasteiger partial charge in [-0.1, -0.05) is 37.6 Å². The second kappa shape index (κ2) is 6.94. The van der Waals surface area contributed by atoms with E-state index in [1.54, 1.807) is 32.0 Å². The average Bonchev–Trinajstić information content (AvgIpc) is 3.34. The van der Waals surface area contributed by atoms with Crippen molar-refractivity contribution >= 4 is 17.5 Å². The summed E-state index contributed by atoms with van der Waals surface area (Å²) >= 11 is 0. The SMILES string of the molecule is COC(=O)C12OC1(CC(CO)=C(C)C)C(=O)c1cccc(CC(C)C)c1C2=O. The molecule has 150 valence electrons. The highest BCUT2D eigenvalue weighted by Gasteiger charge is 2.85. The Hall–Kier alpha value is -2.31.